The normalized spacial score (nSPS) is 12.8. The number of hydrogen-bond acceptors (Lipinski definition) is 3. The van der Waals surface area contributed by atoms with Crippen molar-refractivity contribution in [3.63, 3.8) is 0 Å². The second-order valence-corrected chi connectivity index (χ2v) is 6.30. The van der Waals surface area contributed by atoms with Crippen molar-refractivity contribution >= 4 is 23.7 Å². The quantitative estimate of drug-likeness (QED) is 0.439. The second-order valence-electron chi connectivity index (χ2n) is 5.87. The van der Waals surface area contributed by atoms with Crippen LogP contribution in [0.1, 0.15) is 16.7 Å². The lowest BCUT2D eigenvalue weighted by Gasteiger charge is -2.31. The highest BCUT2D eigenvalue weighted by Gasteiger charge is 2.33. The minimum Gasteiger partial charge on any atom is -0.381 e. The highest BCUT2D eigenvalue weighted by atomic mass is 35.5. The molecular formula is C21H19ClN2O2. The average molecular weight is 367 g/mol. The summed E-state index contributed by atoms with van der Waals surface area (Å²) in [5.41, 5.74) is 1.09. The SMILES string of the molecule is O=CNC(O)(c1ccccc1)c1cc(Cl)ccc1NCc1ccccc1. The maximum absolute atomic E-state index is 11.3. The summed E-state index contributed by atoms with van der Waals surface area (Å²) in [6, 6.07) is 24.0. The number of hydrogen-bond donors (Lipinski definition) is 3. The molecule has 0 radical (unpaired) electrons. The molecule has 0 saturated carbocycles. The smallest absolute Gasteiger partial charge is 0.209 e. The van der Waals surface area contributed by atoms with Crippen molar-refractivity contribution in [1.82, 2.24) is 5.32 Å². The lowest BCUT2D eigenvalue weighted by molar-refractivity contribution is -0.115. The van der Waals surface area contributed by atoms with Crippen LogP contribution in [0.3, 0.4) is 0 Å². The number of halogens is 1. The van der Waals surface area contributed by atoms with E-state index in [2.05, 4.69) is 10.6 Å². The van der Waals surface area contributed by atoms with Crippen LogP contribution in [0.4, 0.5) is 5.69 Å². The van der Waals surface area contributed by atoms with Crippen molar-refractivity contribution < 1.29 is 9.90 Å². The van der Waals surface area contributed by atoms with Gasteiger partial charge in [-0.15, -0.1) is 0 Å². The molecule has 132 valence electrons. The minimum absolute atomic E-state index is 0.465. The summed E-state index contributed by atoms with van der Waals surface area (Å²) in [7, 11) is 0. The molecule has 0 saturated heterocycles. The molecule has 5 heteroatoms. The van der Waals surface area contributed by atoms with Crippen molar-refractivity contribution in [2.24, 2.45) is 0 Å². The van der Waals surface area contributed by atoms with E-state index in [-0.39, 0.29) is 0 Å². The van der Waals surface area contributed by atoms with Gasteiger partial charge in [0, 0.05) is 28.4 Å². The zero-order chi connectivity index (χ0) is 18.4. The van der Waals surface area contributed by atoms with Crippen molar-refractivity contribution in [3.05, 3.63) is 101 Å². The van der Waals surface area contributed by atoms with Gasteiger partial charge in [-0.2, -0.15) is 0 Å². The van der Waals surface area contributed by atoms with Gasteiger partial charge in [0.25, 0.3) is 0 Å². The number of amides is 1. The number of carbonyl (C=O) groups excluding carboxylic acids is 1. The molecule has 3 N–H and O–H groups in total. The maximum atomic E-state index is 11.3. The van der Waals surface area contributed by atoms with Gasteiger partial charge in [-0.3, -0.25) is 4.79 Å². The highest BCUT2D eigenvalue weighted by Crippen LogP contribution is 2.34. The molecule has 1 unspecified atom stereocenters. The van der Waals surface area contributed by atoms with Gasteiger partial charge in [0.15, 0.2) is 5.72 Å². The molecule has 3 rings (SSSR count). The fourth-order valence-electron chi connectivity index (χ4n) is 2.84. The van der Waals surface area contributed by atoms with Crippen molar-refractivity contribution in [2.45, 2.75) is 12.3 Å². The third kappa shape index (κ3) is 3.87. The van der Waals surface area contributed by atoms with E-state index >= 15 is 0 Å². The van der Waals surface area contributed by atoms with Gasteiger partial charge in [-0.25, -0.2) is 0 Å². The molecule has 0 spiro atoms. The molecule has 1 atom stereocenters. The van der Waals surface area contributed by atoms with Crippen LogP contribution >= 0.6 is 11.6 Å². The zero-order valence-electron chi connectivity index (χ0n) is 14.0. The Bertz CT molecular complexity index is 872. The Kier molecular flexibility index (Phi) is 5.56. The molecule has 3 aromatic rings. The molecule has 4 nitrogen and oxygen atoms in total. The van der Waals surface area contributed by atoms with Gasteiger partial charge < -0.3 is 15.7 Å². The van der Waals surface area contributed by atoms with Gasteiger partial charge in [0.05, 0.1) is 0 Å². The summed E-state index contributed by atoms with van der Waals surface area (Å²) in [5.74, 6) is 0. The van der Waals surface area contributed by atoms with E-state index in [0.717, 1.165) is 5.56 Å². The molecule has 0 fully saturated rings. The maximum Gasteiger partial charge on any atom is 0.209 e. The van der Waals surface area contributed by atoms with Crippen LogP contribution in [0, 0.1) is 0 Å². The van der Waals surface area contributed by atoms with Gasteiger partial charge in [0.2, 0.25) is 6.41 Å². The molecule has 0 aliphatic carbocycles. The minimum atomic E-state index is -1.70. The largest absolute Gasteiger partial charge is 0.381 e. The van der Waals surface area contributed by atoms with E-state index < -0.39 is 5.72 Å². The van der Waals surface area contributed by atoms with Crippen molar-refractivity contribution in [2.75, 3.05) is 5.32 Å². The number of benzene rings is 3. The van der Waals surface area contributed by atoms with Gasteiger partial charge in [0.1, 0.15) is 0 Å². The Morgan fingerprint density at radius 2 is 1.62 bits per heavy atom. The fourth-order valence-corrected chi connectivity index (χ4v) is 3.02. The summed E-state index contributed by atoms with van der Waals surface area (Å²) < 4.78 is 0. The van der Waals surface area contributed by atoms with Crippen LogP contribution in [0.5, 0.6) is 0 Å². The molecule has 3 aromatic carbocycles. The average Bonchev–Trinajstić information content (AvgIpc) is 2.68. The third-order valence-corrected chi connectivity index (χ3v) is 4.39. The van der Waals surface area contributed by atoms with Crippen LogP contribution in [0.15, 0.2) is 78.9 Å². The summed E-state index contributed by atoms with van der Waals surface area (Å²) in [4.78, 5) is 11.2. The predicted molar refractivity (Wildman–Crippen MR) is 104 cm³/mol. The van der Waals surface area contributed by atoms with E-state index in [1.165, 1.54) is 0 Å². The van der Waals surface area contributed by atoms with Crippen LogP contribution in [-0.2, 0) is 17.1 Å². The summed E-state index contributed by atoms with van der Waals surface area (Å²) in [6.45, 7) is 0.571. The number of carbonyl (C=O) groups is 1. The van der Waals surface area contributed by atoms with Crippen LogP contribution in [-0.4, -0.2) is 11.5 Å². The van der Waals surface area contributed by atoms with E-state index in [0.29, 0.717) is 34.8 Å². The van der Waals surface area contributed by atoms with Crippen molar-refractivity contribution in [3.8, 4) is 0 Å². The number of aliphatic hydroxyl groups is 1. The third-order valence-electron chi connectivity index (χ3n) is 4.16. The highest BCUT2D eigenvalue weighted by molar-refractivity contribution is 6.30. The lowest BCUT2D eigenvalue weighted by Crippen LogP contribution is -2.43. The molecule has 26 heavy (non-hydrogen) atoms. The van der Waals surface area contributed by atoms with Crippen LogP contribution < -0.4 is 10.6 Å². The number of rotatable bonds is 7. The predicted octanol–water partition coefficient (Wildman–Crippen LogP) is 3.89. The van der Waals surface area contributed by atoms with Crippen LogP contribution in [0.25, 0.3) is 0 Å². The topological polar surface area (TPSA) is 61.4 Å². The summed E-state index contributed by atoms with van der Waals surface area (Å²) in [6.07, 6.45) is 0.481. The van der Waals surface area contributed by atoms with E-state index in [4.69, 9.17) is 11.6 Å². The molecule has 1 amide bonds. The fraction of sp³-hybridized carbons (Fsp3) is 0.0952. The molecular weight excluding hydrogens is 348 g/mol. The lowest BCUT2D eigenvalue weighted by atomic mass is 9.93. The first-order valence-corrected chi connectivity index (χ1v) is 8.58. The first kappa shape index (κ1) is 18.0. The Labute approximate surface area is 157 Å². The van der Waals surface area contributed by atoms with Crippen LogP contribution in [0.2, 0.25) is 5.02 Å². The summed E-state index contributed by atoms with van der Waals surface area (Å²) >= 11 is 6.17. The van der Waals surface area contributed by atoms with E-state index in [1.54, 1.807) is 42.5 Å². The first-order valence-electron chi connectivity index (χ1n) is 8.20. The molecule has 0 aromatic heterocycles. The Hall–Kier alpha value is -2.82. The number of nitrogens with one attached hydrogen (secondary N) is 2. The molecule has 0 bridgehead atoms. The van der Waals surface area contributed by atoms with Gasteiger partial charge >= 0.3 is 0 Å². The van der Waals surface area contributed by atoms with Gasteiger partial charge in [-0.1, -0.05) is 72.3 Å². The monoisotopic (exact) mass is 366 g/mol. The Morgan fingerprint density at radius 1 is 0.962 bits per heavy atom. The summed E-state index contributed by atoms with van der Waals surface area (Å²) in [5, 5.41) is 17.6. The molecule has 0 heterocycles. The zero-order valence-corrected chi connectivity index (χ0v) is 14.8. The van der Waals surface area contributed by atoms with E-state index in [1.807, 2.05) is 36.4 Å². The number of anilines is 1. The first-order chi connectivity index (χ1) is 12.6. The molecule has 0 aliphatic heterocycles. The standard InChI is InChI=1S/C21H19ClN2O2/c22-18-11-12-20(23-14-16-7-3-1-4-8-16)19(13-18)21(26,24-15-25)17-9-5-2-6-10-17/h1-13,15,23,26H,14H2,(H,24,25). The van der Waals surface area contributed by atoms with Crippen molar-refractivity contribution in [1.29, 1.82) is 0 Å². The second kappa shape index (κ2) is 8.04. The Morgan fingerprint density at radius 3 is 2.27 bits per heavy atom. The molecule has 0 aliphatic rings. The van der Waals surface area contributed by atoms with Gasteiger partial charge in [-0.05, 0) is 23.8 Å². The Balaban J connectivity index is 2.01. The van der Waals surface area contributed by atoms with E-state index in [9.17, 15) is 9.90 Å².